The molecule has 1 rings (SSSR count). The molecule has 0 aliphatic rings. The van der Waals surface area contributed by atoms with Gasteiger partial charge in [-0.3, -0.25) is 4.79 Å². The molecule has 1 aromatic carbocycles. The van der Waals surface area contributed by atoms with E-state index in [1.807, 2.05) is 20.8 Å². The fourth-order valence-electron chi connectivity index (χ4n) is 1.11. The molecule has 3 nitrogen and oxygen atoms in total. The van der Waals surface area contributed by atoms with Gasteiger partial charge >= 0.3 is 0 Å². The lowest BCUT2D eigenvalue weighted by Crippen LogP contribution is -2.19. The van der Waals surface area contributed by atoms with Gasteiger partial charge in [-0.2, -0.15) is 0 Å². The Labute approximate surface area is 105 Å². The van der Waals surface area contributed by atoms with Crippen LogP contribution in [0, 0.1) is 5.82 Å². The number of amides is 1. The number of hydrogen-bond donors (Lipinski definition) is 2. The molecular weight excluding hydrogens is 239 g/mol. The van der Waals surface area contributed by atoms with Crippen LogP contribution in [-0.2, 0) is 4.79 Å². The summed E-state index contributed by atoms with van der Waals surface area (Å²) in [5.41, 5.74) is 6.07. The molecule has 17 heavy (non-hydrogen) atoms. The predicted octanol–water partition coefficient (Wildman–Crippen LogP) is 2.88. The van der Waals surface area contributed by atoms with Crippen LogP contribution in [0.5, 0.6) is 0 Å². The van der Waals surface area contributed by atoms with Crippen molar-refractivity contribution in [3.63, 3.8) is 0 Å². The summed E-state index contributed by atoms with van der Waals surface area (Å²) in [6, 6.07) is 4.10. The van der Waals surface area contributed by atoms with Crippen molar-refractivity contribution in [3.05, 3.63) is 24.0 Å². The van der Waals surface area contributed by atoms with Gasteiger partial charge in [-0.1, -0.05) is 20.8 Å². The molecule has 0 saturated heterocycles. The summed E-state index contributed by atoms with van der Waals surface area (Å²) in [6.07, 6.45) is 0. The molecule has 0 atom stereocenters. The molecule has 0 radical (unpaired) electrons. The standard InChI is InChI=1S/C12H17FN2OS/c1-12(2,3)17-7-11(16)15-10-6-8(14)4-5-9(10)13/h4-6H,7,14H2,1-3H3,(H,15,16). The van der Waals surface area contributed by atoms with Gasteiger partial charge in [0.05, 0.1) is 11.4 Å². The molecule has 1 aromatic rings. The number of carbonyl (C=O) groups excluding carboxylic acids is 1. The first-order valence-corrected chi connectivity index (χ1v) is 6.25. The molecule has 0 aromatic heterocycles. The Balaban J connectivity index is 2.59. The van der Waals surface area contributed by atoms with Crippen molar-refractivity contribution in [1.82, 2.24) is 0 Å². The van der Waals surface area contributed by atoms with E-state index in [0.29, 0.717) is 5.69 Å². The van der Waals surface area contributed by atoms with Gasteiger partial charge in [0.2, 0.25) is 5.91 Å². The Morgan fingerprint density at radius 2 is 2.12 bits per heavy atom. The van der Waals surface area contributed by atoms with Crippen molar-refractivity contribution in [2.45, 2.75) is 25.5 Å². The highest BCUT2D eigenvalue weighted by Gasteiger charge is 2.14. The summed E-state index contributed by atoms with van der Waals surface area (Å²) in [4.78, 5) is 11.6. The Morgan fingerprint density at radius 3 is 2.71 bits per heavy atom. The van der Waals surface area contributed by atoms with Crippen LogP contribution < -0.4 is 11.1 Å². The zero-order valence-electron chi connectivity index (χ0n) is 10.2. The number of rotatable bonds is 3. The van der Waals surface area contributed by atoms with Crippen molar-refractivity contribution < 1.29 is 9.18 Å². The summed E-state index contributed by atoms with van der Waals surface area (Å²) >= 11 is 1.51. The lowest BCUT2D eigenvalue weighted by atomic mass is 10.2. The first-order chi connectivity index (χ1) is 7.78. The van der Waals surface area contributed by atoms with Crippen molar-refractivity contribution in [3.8, 4) is 0 Å². The van der Waals surface area contributed by atoms with E-state index in [1.54, 1.807) is 0 Å². The van der Waals surface area contributed by atoms with Crippen LogP contribution in [0.1, 0.15) is 20.8 Å². The van der Waals surface area contributed by atoms with Crippen LogP contribution in [0.2, 0.25) is 0 Å². The maximum absolute atomic E-state index is 13.3. The number of nitrogens with two attached hydrogens (primary N) is 1. The van der Waals surface area contributed by atoms with Crippen LogP contribution in [0.4, 0.5) is 15.8 Å². The van der Waals surface area contributed by atoms with Crippen molar-refractivity contribution >= 4 is 29.0 Å². The lowest BCUT2D eigenvalue weighted by Gasteiger charge is -2.17. The van der Waals surface area contributed by atoms with Crippen molar-refractivity contribution in [2.24, 2.45) is 0 Å². The fourth-order valence-corrected chi connectivity index (χ4v) is 1.74. The van der Waals surface area contributed by atoms with Gasteiger partial charge in [-0.15, -0.1) is 11.8 Å². The smallest absolute Gasteiger partial charge is 0.234 e. The third kappa shape index (κ3) is 5.08. The molecule has 0 bridgehead atoms. The highest BCUT2D eigenvalue weighted by atomic mass is 32.2. The van der Waals surface area contributed by atoms with Gasteiger partial charge in [0, 0.05) is 10.4 Å². The molecule has 0 fully saturated rings. The molecule has 0 heterocycles. The Morgan fingerprint density at radius 1 is 1.47 bits per heavy atom. The molecule has 0 aliphatic carbocycles. The molecule has 0 spiro atoms. The van der Waals surface area contributed by atoms with E-state index in [4.69, 9.17) is 5.73 Å². The predicted molar refractivity (Wildman–Crippen MR) is 71.7 cm³/mol. The van der Waals surface area contributed by atoms with E-state index < -0.39 is 5.82 Å². The van der Waals surface area contributed by atoms with E-state index in [2.05, 4.69) is 5.32 Å². The number of nitrogen functional groups attached to an aromatic ring is 1. The number of nitrogens with one attached hydrogen (secondary N) is 1. The number of benzene rings is 1. The minimum absolute atomic E-state index is 0.00556. The second kappa shape index (κ2) is 5.40. The maximum atomic E-state index is 13.3. The second-order valence-electron chi connectivity index (χ2n) is 4.69. The van der Waals surface area contributed by atoms with E-state index in [0.717, 1.165) is 0 Å². The summed E-state index contributed by atoms with van der Waals surface area (Å²) in [5.74, 6) is -0.416. The van der Waals surface area contributed by atoms with E-state index in [-0.39, 0.29) is 22.1 Å². The minimum Gasteiger partial charge on any atom is -0.399 e. The van der Waals surface area contributed by atoms with E-state index >= 15 is 0 Å². The molecule has 94 valence electrons. The Kier molecular flexibility index (Phi) is 4.40. The van der Waals surface area contributed by atoms with Crippen LogP contribution in [0.15, 0.2) is 18.2 Å². The SMILES string of the molecule is CC(C)(C)SCC(=O)Nc1cc(N)ccc1F. The number of hydrogen-bond acceptors (Lipinski definition) is 3. The zero-order valence-corrected chi connectivity index (χ0v) is 11.0. The lowest BCUT2D eigenvalue weighted by molar-refractivity contribution is -0.113. The third-order valence-corrected chi connectivity index (χ3v) is 3.17. The Hall–Kier alpha value is -1.23. The Bertz CT molecular complexity index is 415. The van der Waals surface area contributed by atoms with Gasteiger partial charge in [-0.05, 0) is 18.2 Å². The second-order valence-corrected chi connectivity index (χ2v) is 6.49. The quantitative estimate of drug-likeness (QED) is 0.818. The van der Waals surface area contributed by atoms with Gasteiger partial charge in [0.15, 0.2) is 0 Å². The highest BCUT2D eigenvalue weighted by Crippen LogP contribution is 2.23. The number of thioether (sulfide) groups is 1. The topological polar surface area (TPSA) is 55.1 Å². The van der Waals surface area contributed by atoms with Crippen LogP contribution >= 0.6 is 11.8 Å². The van der Waals surface area contributed by atoms with Gasteiger partial charge in [0.1, 0.15) is 5.82 Å². The van der Waals surface area contributed by atoms with Crippen molar-refractivity contribution in [1.29, 1.82) is 0 Å². The summed E-state index contributed by atoms with van der Waals surface area (Å²) < 4.78 is 13.3. The average Bonchev–Trinajstić information content (AvgIpc) is 2.20. The van der Waals surface area contributed by atoms with Crippen LogP contribution in [0.25, 0.3) is 0 Å². The number of anilines is 2. The minimum atomic E-state index is -0.478. The molecule has 0 saturated carbocycles. The summed E-state index contributed by atoms with van der Waals surface area (Å²) in [5, 5.41) is 2.51. The van der Waals surface area contributed by atoms with Crippen LogP contribution in [-0.4, -0.2) is 16.4 Å². The molecule has 3 N–H and O–H groups in total. The average molecular weight is 256 g/mol. The van der Waals surface area contributed by atoms with Gasteiger partial charge in [0.25, 0.3) is 0 Å². The normalized spacial score (nSPS) is 11.3. The largest absolute Gasteiger partial charge is 0.399 e. The number of carbonyl (C=O) groups is 1. The molecule has 0 aliphatic heterocycles. The van der Waals surface area contributed by atoms with Crippen LogP contribution in [0.3, 0.4) is 0 Å². The number of halogens is 1. The first-order valence-electron chi connectivity index (χ1n) is 5.27. The zero-order chi connectivity index (χ0) is 13.1. The van der Waals surface area contributed by atoms with Crippen molar-refractivity contribution in [2.75, 3.05) is 16.8 Å². The van der Waals surface area contributed by atoms with Gasteiger partial charge in [-0.25, -0.2) is 4.39 Å². The van der Waals surface area contributed by atoms with Gasteiger partial charge < -0.3 is 11.1 Å². The molecule has 5 heteroatoms. The monoisotopic (exact) mass is 256 g/mol. The molecule has 0 unspecified atom stereocenters. The highest BCUT2D eigenvalue weighted by molar-refractivity contribution is 8.01. The molecule has 1 amide bonds. The van der Waals surface area contributed by atoms with E-state index in [1.165, 1.54) is 30.0 Å². The summed E-state index contributed by atoms with van der Waals surface area (Å²) in [6.45, 7) is 6.06. The third-order valence-electron chi connectivity index (χ3n) is 1.90. The molecular formula is C12H17FN2OS. The maximum Gasteiger partial charge on any atom is 0.234 e. The van der Waals surface area contributed by atoms with E-state index in [9.17, 15) is 9.18 Å². The summed E-state index contributed by atoms with van der Waals surface area (Å²) in [7, 11) is 0. The first kappa shape index (κ1) is 13.8. The fraction of sp³-hybridized carbons (Fsp3) is 0.417.